The van der Waals surface area contributed by atoms with Gasteiger partial charge in [0.15, 0.2) is 23.0 Å². The lowest BCUT2D eigenvalue weighted by Crippen LogP contribution is -2.33. The SMILES string of the molecule is O=c1cc(CCl)n2cnc3c(ncn3[C@@H]3O[C@H](CO)[C@@H](O)[C@H]3O)c2n1. The Balaban J connectivity index is 1.90. The first kappa shape index (κ1) is 16.4. The first-order valence-corrected chi connectivity index (χ1v) is 8.01. The van der Waals surface area contributed by atoms with Crippen LogP contribution >= 0.6 is 11.6 Å². The van der Waals surface area contributed by atoms with E-state index in [9.17, 15) is 20.1 Å². The zero-order chi connectivity index (χ0) is 17.7. The Labute approximate surface area is 144 Å². The molecule has 0 saturated carbocycles. The minimum Gasteiger partial charge on any atom is -0.394 e. The molecule has 0 spiro atoms. The van der Waals surface area contributed by atoms with E-state index in [2.05, 4.69) is 15.0 Å². The summed E-state index contributed by atoms with van der Waals surface area (Å²) in [5.74, 6) is 0.0989. The summed E-state index contributed by atoms with van der Waals surface area (Å²) in [7, 11) is 0. The van der Waals surface area contributed by atoms with Crippen LogP contribution in [0, 0.1) is 0 Å². The highest BCUT2D eigenvalue weighted by atomic mass is 35.5. The number of rotatable bonds is 3. The Kier molecular flexibility index (Phi) is 3.93. The summed E-state index contributed by atoms with van der Waals surface area (Å²) in [6.45, 7) is -0.437. The Morgan fingerprint density at radius 3 is 2.68 bits per heavy atom. The molecule has 4 heterocycles. The third-order valence-corrected chi connectivity index (χ3v) is 4.52. The fourth-order valence-corrected chi connectivity index (χ4v) is 3.19. The quantitative estimate of drug-likeness (QED) is 0.491. The van der Waals surface area contributed by atoms with Gasteiger partial charge in [-0.2, -0.15) is 4.98 Å². The second-order valence-electron chi connectivity index (χ2n) is 5.71. The van der Waals surface area contributed by atoms with E-state index in [0.717, 1.165) is 0 Å². The summed E-state index contributed by atoms with van der Waals surface area (Å²) in [5, 5.41) is 29.3. The third kappa shape index (κ3) is 2.41. The summed E-state index contributed by atoms with van der Waals surface area (Å²) in [4.78, 5) is 24.2. The first-order chi connectivity index (χ1) is 12.0. The summed E-state index contributed by atoms with van der Waals surface area (Å²) in [6, 6.07) is 1.32. The molecule has 3 aromatic rings. The molecule has 3 aromatic heterocycles. The first-order valence-electron chi connectivity index (χ1n) is 7.47. The second-order valence-corrected chi connectivity index (χ2v) is 5.98. The van der Waals surface area contributed by atoms with Crippen LogP contribution < -0.4 is 5.56 Å². The van der Waals surface area contributed by atoms with Crippen molar-refractivity contribution in [1.29, 1.82) is 0 Å². The average Bonchev–Trinajstić information content (AvgIpc) is 3.16. The number of aromatic nitrogens is 5. The molecule has 4 rings (SSSR count). The van der Waals surface area contributed by atoms with Gasteiger partial charge >= 0.3 is 0 Å². The second kappa shape index (κ2) is 6.00. The number of ether oxygens (including phenoxy) is 1. The van der Waals surface area contributed by atoms with Gasteiger partial charge in [-0.05, 0) is 0 Å². The molecule has 3 N–H and O–H groups in total. The van der Waals surface area contributed by atoms with Crippen LogP contribution in [0.3, 0.4) is 0 Å². The van der Waals surface area contributed by atoms with Crippen LogP contribution in [-0.2, 0) is 10.6 Å². The topological polar surface area (TPSA) is 135 Å². The van der Waals surface area contributed by atoms with Crippen LogP contribution in [0.25, 0.3) is 16.8 Å². The van der Waals surface area contributed by atoms with Gasteiger partial charge in [0.25, 0.3) is 5.56 Å². The molecule has 10 nitrogen and oxygen atoms in total. The molecule has 0 aliphatic carbocycles. The lowest BCUT2D eigenvalue weighted by atomic mass is 10.1. The maximum Gasteiger partial charge on any atom is 0.273 e. The van der Waals surface area contributed by atoms with Crippen LogP contribution in [0.4, 0.5) is 0 Å². The van der Waals surface area contributed by atoms with E-state index in [1.54, 1.807) is 4.40 Å². The van der Waals surface area contributed by atoms with Crippen molar-refractivity contribution in [2.75, 3.05) is 6.61 Å². The summed E-state index contributed by atoms with van der Waals surface area (Å²) < 4.78 is 8.48. The number of aliphatic hydroxyl groups is 3. The molecule has 0 amide bonds. The van der Waals surface area contributed by atoms with Crippen LogP contribution in [0.15, 0.2) is 23.5 Å². The molecule has 1 fully saturated rings. The van der Waals surface area contributed by atoms with Gasteiger partial charge in [-0.3, -0.25) is 13.8 Å². The normalized spacial score (nSPS) is 26.7. The zero-order valence-electron chi connectivity index (χ0n) is 12.7. The number of nitrogens with zero attached hydrogens (tertiary/aromatic N) is 5. The number of halogens is 1. The molecule has 1 aliphatic rings. The van der Waals surface area contributed by atoms with Crippen molar-refractivity contribution in [2.45, 2.75) is 30.4 Å². The van der Waals surface area contributed by atoms with Crippen molar-refractivity contribution in [2.24, 2.45) is 0 Å². The van der Waals surface area contributed by atoms with Crippen molar-refractivity contribution in [3.8, 4) is 0 Å². The summed E-state index contributed by atoms with van der Waals surface area (Å²) >= 11 is 5.86. The Bertz CT molecular complexity index is 1000. The van der Waals surface area contributed by atoms with Gasteiger partial charge in [0, 0.05) is 11.8 Å². The highest BCUT2D eigenvalue weighted by Gasteiger charge is 2.44. The fourth-order valence-electron chi connectivity index (χ4n) is 2.99. The van der Waals surface area contributed by atoms with Crippen LogP contribution in [0.1, 0.15) is 11.9 Å². The minimum atomic E-state index is -1.27. The van der Waals surface area contributed by atoms with Gasteiger partial charge in [0.05, 0.1) is 18.8 Å². The average molecular weight is 368 g/mol. The fraction of sp³-hybridized carbons (Fsp3) is 0.429. The predicted molar refractivity (Wildman–Crippen MR) is 85.1 cm³/mol. The largest absolute Gasteiger partial charge is 0.394 e. The molecule has 4 atom stereocenters. The number of hydrogen-bond acceptors (Lipinski definition) is 8. The Morgan fingerprint density at radius 2 is 2.00 bits per heavy atom. The van der Waals surface area contributed by atoms with Gasteiger partial charge in [0.2, 0.25) is 0 Å². The van der Waals surface area contributed by atoms with Gasteiger partial charge in [-0.15, -0.1) is 11.6 Å². The zero-order valence-corrected chi connectivity index (χ0v) is 13.5. The van der Waals surface area contributed by atoms with Crippen molar-refractivity contribution >= 4 is 28.4 Å². The lowest BCUT2D eigenvalue weighted by Gasteiger charge is -2.16. The number of alkyl halides is 1. The van der Waals surface area contributed by atoms with Gasteiger partial charge < -0.3 is 20.1 Å². The van der Waals surface area contributed by atoms with Gasteiger partial charge in [-0.1, -0.05) is 0 Å². The highest BCUT2D eigenvalue weighted by Crippen LogP contribution is 2.31. The monoisotopic (exact) mass is 367 g/mol. The molecule has 1 saturated heterocycles. The maximum atomic E-state index is 11.8. The van der Waals surface area contributed by atoms with E-state index in [-0.39, 0.29) is 11.5 Å². The highest BCUT2D eigenvalue weighted by molar-refractivity contribution is 6.16. The van der Waals surface area contributed by atoms with Crippen molar-refractivity contribution < 1.29 is 20.1 Å². The van der Waals surface area contributed by atoms with Crippen LogP contribution in [-0.4, -0.2) is 64.2 Å². The molecular weight excluding hydrogens is 354 g/mol. The van der Waals surface area contributed by atoms with Crippen LogP contribution in [0.2, 0.25) is 0 Å². The molecular formula is C14H14ClN5O5. The Hall–Kier alpha value is -2.11. The molecule has 25 heavy (non-hydrogen) atoms. The van der Waals surface area contributed by atoms with Crippen molar-refractivity contribution in [3.05, 3.63) is 34.8 Å². The smallest absolute Gasteiger partial charge is 0.273 e. The van der Waals surface area contributed by atoms with Gasteiger partial charge in [0.1, 0.15) is 24.6 Å². The van der Waals surface area contributed by atoms with Crippen molar-refractivity contribution in [3.63, 3.8) is 0 Å². The molecule has 0 aromatic carbocycles. The molecule has 1 aliphatic heterocycles. The van der Waals surface area contributed by atoms with E-state index in [4.69, 9.17) is 16.3 Å². The lowest BCUT2D eigenvalue weighted by molar-refractivity contribution is -0.0511. The van der Waals surface area contributed by atoms with E-state index in [0.29, 0.717) is 16.9 Å². The predicted octanol–water partition coefficient (Wildman–Crippen LogP) is -1.21. The summed E-state index contributed by atoms with van der Waals surface area (Å²) in [5.41, 5.74) is 0.982. The minimum absolute atomic E-state index is 0.0989. The molecule has 0 radical (unpaired) electrons. The third-order valence-electron chi connectivity index (χ3n) is 4.25. The molecule has 11 heteroatoms. The van der Waals surface area contributed by atoms with Crippen LogP contribution in [0.5, 0.6) is 0 Å². The number of imidazole rings is 1. The van der Waals surface area contributed by atoms with E-state index in [1.165, 1.54) is 23.3 Å². The Morgan fingerprint density at radius 1 is 1.20 bits per heavy atom. The molecule has 0 unspecified atom stereocenters. The van der Waals surface area contributed by atoms with E-state index in [1.807, 2.05) is 0 Å². The molecule has 132 valence electrons. The molecule has 0 bridgehead atoms. The van der Waals surface area contributed by atoms with Gasteiger partial charge in [-0.25, -0.2) is 9.97 Å². The number of hydrogen-bond donors (Lipinski definition) is 3. The van der Waals surface area contributed by atoms with E-state index >= 15 is 0 Å². The summed E-state index contributed by atoms with van der Waals surface area (Å²) in [6.07, 6.45) is -1.58. The number of aliphatic hydroxyl groups excluding tert-OH is 3. The van der Waals surface area contributed by atoms with E-state index < -0.39 is 36.7 Å². The maximum absolute atomic E-state index is 11.8. The standard InChI is InChI=1S/C14H14ClN5O5/c15-2-6-1-8(22)18-13-9-12(17-5-19(6)13)20(4-16-9)14-11(24)10(23)7(3-21)25-14/h1,4-5,7,10-11,14,21,23-24H,2-3H2/t7-,10-,11-,14-/m1/s1. The number of fused-ring (bicyclic) bond motifs is 3. The van der Waals surface area contributed by atoms with Crippen molar-refractivity contribution in [1.82, 2.24) is 23.9 Å².